The molecule has 2 aromatic rings. The van der Waals surface area contributed by atoms with Gasteiger partial charge in [-0.2, -0.15) is 0 Å². The zero-order valence-electron chi connectivity index (χ0n) is 9.68. The molecule has 0 aliphatic heterocycles. The fraction of sp³-hybridized carbons (Fsp3) is 0.231. The van der Waals surface area contributed by atoms with E-state index in [2.05, 4.69) is 6.07 Å². The molecule has 1 aromatic heterocycles. The fourth-order valence-corrected chi connectivity index (χ4v) is 2.25. The molecule has 0 unspecified atom stereocenters. The van der Waals surface area contributed by atoms with Crippen LogP contribution < -0.4 is 15.2 Å². The Morgan fingerprint density at radius 3 is 2.24 bits per heavy atom. The normalized spacial score (nSPS) is 10.2. The zero-order chi connectivity index (χ0) is 12.1. The van der Waals surface area contributed by atoms with Gasteiger partial charge in [-0.05, 0) is 36.4 Å². The molecule has 0 aliphatic rings. The first kappa shape index (κ1) is 12.0. The predicted molar refractivity (Wildman–Crippen MR) is 69.5 cm³/mol. The number of benzene rings is 1. The molecule has 0 radical (unpaired) electrons. The van der Waals surface area contributed by atoms with E-state index >= 15 is 0 Å². The number of thiophene rings is 1. The molecule has 2 N–H and O–H groups in total. The second-order valence-electron chi connectivity index (χ2n) is 3.54. The van der Waals surface area contributed by atoms with Crippen molar-refractivity contribution in [1.29, 1.82) is 0 Å². The number of rotatable bonds is 5. The highest BCUT2D eigenvalue weighted by Crippen LogP contribution is 2.21. The van der Waals surface area contributed by atoms with Crippen LogP contribution in [0.3, 0.4) is 0 Å². The molecular formula is C13H15NO2S. The summed E-state index contributed by atoms with van der Waals surface area (Å²) in [6.45, 7) is 1.17. The number of methoxy groups -OCH3 is 1. The average molecular weight is 249 g/mol. The summed E-state index contributed by atoms with van der Waals surface area (Å²) in [6.07, 6.45) is 0. The minimum Gasteiger partial charge on any atom is -0.497 e. The van der Waals surface area contributed by atoms with Gasteiger partial charge in [0.15, 0.2) is 0 Å². The first-order valence-corrected chi connectivity index (χ1v) is 6.18. The highest BCUT2D eigenvalue weighted by Gasteiger charge is 2.00. The highest BCUT2D eigenvalue weighted by molar-refractivity contribution is 7.11. The number of ether oxygens (including phenoxy) is 2. The molecule has 2 rings (SSSR count). The van der Waals surface area contributed by atoms with Crippen LogP contribution in [-0.2, 0) is 13.2 Å². The van der Waals surface area contributed by atoms with Crippen molar-refractivity contribution in [3.8, 4) is 11.5 Å². The third-order valence-corrected chi connectivity index (χ3v) is 3.44. The minimum atomic E-state index is 0.580. The second-order valence-corrected chi connectivity index (χ2v) is 4.79. The lowest BCUT2D eigenvalue weighted by Gasteiger charge is -2.05. The van der Waals surface area contributed by atoms with Gasteiger partial charge in [0, 0.05) is 16.3 Å². The minimum absolute atomic E-state index is 0.580. The van der Waals surface area contributed by atoms with Gasteiger partial charge in [-0.1, -0.05) is 0 Å². The van der Waals surface area contributed by atoms with E-state index in [-0.39, 0.29) is 0 Å². The Morgan fingerprint density at radius 1 is 1.00 bits per heavy atom. The van der Waals surface area contributed by atoms with E-state index in [9.17, 15) is 0 Å². The lowest BCUT2D eigenvalue weighted by atomic mass is 10.3. The van der Waals surface area contributed by atoms with Gasteiger partial charge in [0.1, 0.15) is 18.1 Å². The van der Waals surface area contributed by atoms with Gasteiger partial charge in [0.25, 0.3) is 0 Å². The summed E-state index contributed by atoms with van der Waals surface area (Å²) >= 11 is 1.69. The SMILES string of the molecule is COc1ccc(OCc2ccc(CN)s2)cc1. The number of hydrogen-bond donors (Lipinski definition) is 1. The standard InChI is InChI=1S/C13H15NO2S/c1-15-10-2-4-11(5-3-10)16-9-13-7-6-12(8-14)17-13/h2-7H,8-9,14H2,1H3. The van der Waals surface area contributed by atoms with Crippen molar-refractivity contribution in [2.24, 2.45) is 5.73 Å². The Hall–Kier alpha value is -1.52. The van der Waals surface area contributed by atoms with Crippen molar-refractivity contribution in [1.82, 2.24) is 0 Å². The third kappa shape index (κ3) is 3.22. The van der Waals surface area contributed by atoms with Gasteiger partial charge in [-0.3, -0.25) is 0 Å². The molecule has 0 saturated carbocycles. The Morgan fingerprint density at radius 2 is 1.65 bits per heavy atom. The van der Waals surface area contributed by atoms with E-state index in [1.54, 1.807) is 18.4 Å². The highest BCUT2D eigenvalue weighted by atomic mass is 32.1. The quantitative estimate of drug-likeness (QED) is 0.886. The maximum atomic E-state index is 5.66. The van der Waals surface area contributed by atoms with Crippen molar-refractivity contribution in [3.05, 3.63) is 46.2 Å². The molecule has 0 spiro atoms. The maximum absolute atomic E-state index is 5.66. The van der Waals surface area contributed by atoms with Crippen molar-refractivity contribution in [2.75, 3.05) is 7.11 Å². The lowest BCUT2D eigenvalue weighted by Crippen LogP contribution is -1.93. The van der Waals surface area contributed by atoms with Gasteiger partial charge in [0.2, 0.25) is 0 Å². The van der Waals surface area contributed by atoms with Crippen molar-refractivity contribution in [3.63, 3.8) is 0 Å². The Balaban J connectivity index is 1.92. The summed E-state index contributed by atoms with van der Waals surface area (Å²) in [5.41, 5.74) is 5.56. The van der Waals surface area contributed by atoms with Crippen LogP contribution in [0, 0.1) is 0 Å². The second kappa shape index (κ2) is 5.70. The first-order valence-electron chi connectivity index (χ1n) is 5.36. The Labute approximate surface area is 105 Å². The number of nitrogens with two attached hydrogens (primary N) is 1. The van der Waals surface area contributed by atoms with Gasteiger partial charge in [-0.25, -0.2) is 0 Å². The van der Waals surface area contributed by atoms with Crippen LogP contribution in [0.4, 0.5) is 0 Å². The van der Waals surface area contributed by atoms with Gasteiger partial charge >= 0.3 is 0 Å². The molecular weight excluding hydrogens is 234 g/mol. The lowest BCUT2D eigenvalue weighted by molar-refractivity contribution is 0.309. The molecule has 1 aromatic carbocycles. The van der Waals surface area contributed by atoms with E-state index in [0.717, 1.165) is 11.5 Å². The zero-order valence-corrected chi connectivity index (χ0v) is 10.5. The summed E-state index contributed by atoms with van der Waals surface area (Å²) in [7, 11) is 1.65. The smallest absolute Gasteiger partial charge is 0.122 e. The van der Waals surface area contributed by atoms with E-state index in [4.69, 9.17) is 15.2 Å². The van der Waals surface area contributed by atoms with E-state index in [1.807, 2.05) is 30.3 Å². The number of hydrogen-bond acceptors (Lipinski definition) is 4. The first-order chi connectivity index (χ1) is 8.31. The molecule has 0 bridgehead atoms. The fourth-order valence-electron chi connectivity index (χ4n) is 1.44. The molecule has 0 fully saturated rings. The Kier molecular flexibility index (Phi) is 4.01. The molecule has 0 atom stereocenters. The van der Waals surface area contributed by atoms with Crippen molar-refractivity contribution < 1.29 is 9.47 Å². The van der Waals surface area contributed by atoms with Crippen LogP contribution in [0.5, 0.6) is 11.5 Å². The van der Waals surface area contributed by atoms with Crippen LogP contribution in [0.2, 0.25) is 0 Å². The van der Waals surface area contributed by atoms with Crippen molar-refractivity contribution >= 4 is 11.3 Å². The van der Waals surface area contributed by atoms with Gasteiger partial charge in [-0.15, -0.1) is 11.3 Å². The van der Waals surface area contributed by atoms with Crippen LogP contribution in [0.1, 0.15) is 9.75 Å². The van der Waals surface area contributed by atoms with E-state index in [1.165, 1.54) is 9.75 Å². The molecule has 3 nitrogen and oxygen atoms in total. The third-order valence-electron chi connectivity index (χ3n) is 2.36. The largest absolute Gasteiger partial charge is 0.497 e. The summed E-state index contributed by atoms with van der Waals surface area (Å²) < 4.78 is 10.7. The van der Waals surface area contributed by atoms with Crippen LogP contribution in [0.15, 0.2) is 36.4 Å². The van der Waals surface area contributed by atoms with E-state index < -0.39 is 0 Å². The van der Waals surface area contributed by atoms with Gasteiger partial charge < -0.3 is 15.2 Å². The average Bonchev–Trinajstić information content (AvgIpc) is 2.85. The summed E-state index contributed by atoms with van der Waals surface area (Å²) in [5.74, 6) is 1.67. The molecule has 4 heteroatoms. The molecule has 0 saturated heterocycles. The molecule has 0 amide bonds. The van der Waals surface area contributed by atoms with E-state index in [0.29, 0.717) is 13.2 Å². The maximum Gasteiger partial charge on any atom is 0.122 e. The van der Waals surface area contributed by atoms with Crippen LogP contribution in [-0.4, -0.2) is 7.11 Å². The van der Waals surface area contributed by atoms with Crippen LogP contribution in [0.25, 0.3) is 0 Å². The molecule has 0 aliphatic carbocycles. The monoisotopic (exact) mass is 249 g/mol. The predicted octanol–water partition coefficient (Wildman–Crippen LogP) is 2.79. The molecule has 1 heterocycles. The molecule has 90 valence electrons. The topological polar surface area (TPSA) is 44.5 Å². The summed E-state index contributed by atoms with van der Waals surface area (Å²) in [6, 6.07) is 11.7. The van der Waals surface area contributed by atoms with Crippen molar-refractivity contribution in [2.45, 2.75) is 13.2 Å². The van der Waals surface area contributed by atoms with Gasteiger partial charge in [0.05, 0.1) is 7.11 Å². The summed E-state index contributed by atoms with van der Waals surface area (Å²) in [4.78, 5) is 2.36. The Bertz CT molecular complexity index is 465. The molecule has 17 heavy (non-hydrogen) atoms. The summed E-state index contributed by atoms with van der Waals surface area (Å²) in [5, 5.41) is 0. The van der Waals surface area contributed by atoms with Crippen LogP contribution >= 0.6 is 11.3 Å².